The average Bonchev–Trinajstić information content (AvgIpc) is 2.44. The lowest BCUT2D eigenvalue weighted by molar-refractivity contribution is 1.40. The number of fused-ring (bicyclic) bond motifs is 1. The van der Waals surface area contributed by atoms with Gasteiger partial charge in [-0.3, -0.25) is 4.98 Å². The zero-order valence-corrected chi connectivity index (χ0v) is 13.0. The zero-order chi connectivity index (χ0) is 15.0. The highest BCUT2D eigenvalue weighted by atomic mass is 35.5. The van der Waals surface area contributed by atoms with Crippen molar-refractivity contribution in [2.24, 2.45) is 0 Å². The number of nitrogen functional groups attached to an aromatic ring is 1. The first-order valence-corrected chi connectivity index (χ1v) is 7.24. The fraction of sp³-hybridized carbons (Fsp3) is 0. The Kier molecular flexibility index (Phi) is 3.81. The number of hydrogen-bond acceptors (Lipinski definition) is 3. The molecule has 0 aliphatic heterocycles. The highest BCUT2D eigenvalue weighted by molar-refractivity contribution is 6.44. The molecule has 0 amide bonds. The molecule has 0 unspecified atom stereocenters. The third kappa shape index (κ3) is 2.86. The lowest BCUT2D eigenvalue weighted by Gasteiger charge is -2.12. The van der Waals surface area contributed by atoms with Crippen LogP contribution >= 0.6 is 34.8 Å². The molecule has 0 bridgehead atoms. The van der Waals surface area contributed by atoms with Crippen LogP contribution in [0.3, 0.4) is 0 Å². The van der Waals surface area contributed by atoms with E-state index in [1.807, 2.05) is 24.3 Å². The third-order valence-corrected chi connectivity index (χ3v) is 4.08. The van der Waals surface area contributed by atoms with E-state index in [0.717, 1.165) is 16.6 Å². The van der Waals surface area contributed by atoms with Crippen LogP contribution in [0, 0.1) is 0 Å². The van der Waals surface area contributed by atoms with Gasteiger partial charge in [0.1, 0.15) is 0 Å². The van der Waals surface area contributed by atoms with E-state index < -0.39 is 0 Å². The van der Waals surface area contributed by atoms with E-state index in [1.54, 1.807) is 18.3 Å². The van der Waals surface area contributed by atoms with Crippen LogP contribution in [0.2, 0.25) is 15.1 Å². The molecule has 2 aromatic carbocycles. The van der Waals surface area contributed by atoms with Crippen LogP contribution < -0.4 is 11.1 Å². The lowest BCUT2D eigenvalue weighted by atomic mass is 10.1. The maximum absolute atomic E-state index is 6.19. The first-order valence-electron chi connectivity index (χ1n) is 6.10. The molecule has 0 atom stereocenters. The number of rotatable bonds is 2. The van der Waals surface area contributed by atoms with E-state index in [4.69, 9.17) is 40.5 Å². The highest BCUT2D eigenvalue weighted by Gasteiger charge is 2.08. The van der Waals surface area contributed by atoms with Crippen LogP contribution in [0.15, 0.2) is 42.6 Å². The SMILES string of the molecule is Nc1ccc2c(Nc3cc(Cl)c(Cl)cc3Cl)ccnc2c1. The molecule has 3 rings (SSSR count). The van der Waals surface area contributed by atoms with Gasteiger partial charge in [-0.15, -0.1) is 0 Å². The molecular weight excluding hydrogens is 329 g/mol. The van der Waals surface area contributed by atoms with Gasteiger partial charge in [0.25, 0.3) is 0 Å². The molecule has 0 spiro atoms. The van der Waals surface area contributed by atoms with Gasteiger partial charge >= 0.3 is 0 Å². The number of nitrogens with zero attached hydrogens (tertiary/aromatic N) is 1. The summed E-state index contributed by atoms with van der Waals surface area (Å²) in [6, 6.07) is 10.7. The van der Waals surface area contributed by atoms with Crippen LogP contribution in [0.4, 0.5) is 17.1 Å². The number of aromatic nitrogens is 1. The molecule has 0 aliphatic rings. The maximum Gasteiger partial charge on any atom is 0.0743 e. The minimum Gasteiger partial charge on any atom is -0.399 e. The van der Waals surface area contributed by atoms with Crippen LogP contribution in [0.5, 0.6) is 0 Å². The molecule has 0 radical (unpaired) electrons. The van der Waals surface area contributed by atoms with Crippen molar-refractivity contribution in [3.63, 3.8) is 0 Å². The number of pyridine rings is 1. The Balaban J connectivity index is 2.08. The molecule has 1 aromatic heterocycles. The van der Waals surface area contributed by atoms with Crippen molar-refractivity contribution in [1.82, 2.24) is 4.98 Å². The van der Waals surface area contributed by atoms with E-state index in [9.17, 15) is 0 Å². The quantitative estimate of drug-likeness (QED) is 0.478. The van der Waals surface area contributed by atoms with Gasteiger partial charge in [0.2, 0.25) is 0 Å². The monoisotopic (exact) mass is 337 g/mol. The van der Waals surface area contributed by atoms with Crippen molar-refractivity contribution in [2.45, 2.75) is 0 Å². The summed E-state index contributed by atoms with van der Waals surface area (Å²) in [6.07, 6.45) is 1.70. The number of nitrogens with two attached hydrogens (primary N) is 1. The summed E-state index contributed by atoms with van der Waals surface area (Å²) in [5.41, 5.74) is 8.78. The van der Waals surface area contributed by atoms with Crippen LogP contribution in [0.25, 0.3) is 10.9 Å². The molecule has 106 valence electrons. The summed E-state index contributed by atoms with van der Waals surface area (Å²) in [4.78, 5) is 4.30. The van der Waals surface area contributed by atoms with E-state index in [2.05, 4.69) is 10.3 Å². The Labute approximate surface area is 136 Å². The minimum atomic E-state index is 0.416. The minimum absolute atomic E-state index is 0.416. The van der Waals surface area contributed by atoms with Gasteiger partial charge in [0.15, 0.2) is 0 Å². The van der Waals surface area contributed by atoms with E-state index >= 15 is 0 Å². The predicted octanol–water partition coefficient (Wildman–Crippen LogP) is 5.52. The molecule has 21 heavy (non-hydrogen) atoms. The molecule has 0 fully saturated rings. The van der Waals surface area contributed by atoms with Gasteiger partial charge in [-0.25, -0.2) is 0 Å². The molecule has 0 saturated heterocycles. The van der Waals surface area contributed by atoms with E-state index in [1.165, 1.54) is 0 Å². The van der Waals surface area contributed by atoms with Gasteiger partial charge in [0.05, 0.1) is 26.3 Å². The third-order valence-electron chi connectivity index (χ3n) is 3.05. The first-order chi connectivity index (χ1) is 10.0. The molecule has 3 aromatic rings. The standard InChI is InChI=1S/C15H10Cl3N3/c16-10-6-12(18)15(7-11(10)17)21-13-3-4-20-14-5-8(19)1-2-9(13)14/h1-7H,19H2,(H,20,21). The van der Waals surface area contributed by atoms with Gasteiger partial charge in [-0.05, 0) is 36.4 Å². The van der Waals surface area contributed by atoms with Crippen LogP contribution in [-0.2, 0) is 0 Å². The van der Waals surface area contributed by atoms with E-state index in [-0.39, 0.29) is 0 Å². The van der Waals surface area contributed by atoms with Crippen molar-refractivity contribution in [2.75, 3.05) is 11.1 Å². The topological polar surface area (TPSA) is 50.9 Å². The molecular formula is C15H10Cl3N3. The first kappa shape index (κ1) is 14.3. The summed E-state index contributed by atoms with van der Waals surface area (Å²) in [5, 5.41) is 5.53. The molecule has 3 nitrogen and oxygen atoms in total. The highest BCUT2D eigenvalue weighted by Crippen LogP contribution is 2.35. The Morgan fingerprint density at radius 3 is 2.43 bits per heavy atom. The van der Waals surface area contributed by atoms with Crippen molar-refractivity contribution < 1.29 is 0 Å². The zero-order valence-electron chi connectivity index (χ0n) is 10.7. The number of halogens is 3. The average molecular weight is 339 g/mol. The molecule has 0 saturated carbocycles. The Bertz CT molecular complexity index is 834. The Hall–Kier alpha value is -1.68. The molecule has 6 heteroatoms. The summed E-state index contributed by atoms with van der Waals surface area (Å²) in [6.45, 7) is 0. The van der Waals surface area contributed by atoms with E-state index in [0.29, 0.717) is 26.4 Å². The fourth-order valence-electron chi connectivity index (χ4n) is 2.04. The van der Waals surface area contributed by atoms with Gasteiger partial charge in [-0.2, -0.15) is 0 Å². The molecule has 1 heterocycles. The predicted molar refractivity (Wildman–Crippen MR) is 90.9 cm³/mol. The largest absolute Gasteiger partial charge is 0.399 e. The fourth-order valence-corrected chi connectivity index (χ4v) is 2.63. The number of anilines is 3. The van der Waals surface area contributed by atoms with Gasteiger partial charge in [0, 0.05) is 23.0 Å². The lowest BCUT2D eigenvalue weighted by Crippen LogP contribution is -1.94. The van der Waals surface area contributed by atoms with Gasteiger partial charge < -0.3 is 11.1 Å². The van der Waals surface area contributed by atoms with Crippen molar-refractivity contribution in [3.05, 3.63) is 57.7 Å². The normalized spacial score (nSPS) is 10.8. The van der Waals surface area contributed by atoms with Crippen LogP contribution in [0.1, 0.15) is 0 Å². The number of hydrogen-bond donors (Lipinski definition) is 2. The van der Waals surface area contributed by atoms with Crippen molar-refractivity contribution in [1.29, 1.82) is 0 Å². The second-order valence-electron chi connectivity index (χ2n) is 4.51. The second-order valence-corrected chi connectivity index (χ2v) is 5.73. The van der Waals surface area contributed by atoms with Crippen molar-refractivity contribution >= 4 is 62.8 Å². The van der Waals surface area contributed by atoms with Gasteiger partial charge in [-0.1, -0.05) is 34.8 Å². The summed E-state index contributed by atoms with van der Waals surface area (Å²) in [7, 11) is 0. The Morgan fingerprint density at radius 1 is 0.857 bits per heavy atom. The van der Waals surface area contributed by atoms with Crippen LogP contribution in [-0.4, -0.2) is 4.98 Å². The second kappa shape index (κ2) is 5.60. The molecule has 3 N–H and O–H groups in total. The summed E-state index contributed by atoms with van der Waals surface area (Å²) < 4.78 is 0. The summed E-state index contributed by atoms with van der Waals surface area (Å²) in [5.74, 6) is 0. The Morgan fingerprint density at radius 2 is 1.62 bits per heavy atom. The van der Waals surface area contributed by atoms with Crippen molar-refractivity contribution in [3.8, 4) is 0 Å². The summed E-state index contributed by atoms with van der Waals surface area (Å²) >= 11 is 18.2. The number of benzene rings is 2. The molecule has 0 aliphatic carbocycles. The smallest absolute Gasteiger partial charge is 0.0743 e. The number of nitrogens with one attached hydrogen (secondary N) is 1. The maximum atomic E-state index is 6.19.